The first-order valence-corrected chi connectivity index (χ1v) is 10.8. The van der Waals surface area contributed by atoms with Gasteiger partial charge in [0.05, 0.1) is 27.9 Å². The van der Waals surface area contributed by atoms with Gasteiger partial charge in [-0.3, -0.25) is 9.59 Å². The summed E-state index contributed by atoms with van der Waals surface area (Å²) in [7, 11) is 0. The molecule has 1 atom stereocenters. The van der Waals surface area contributed by atoms with Crippen LogP contribution in [-0.2, 0) is 17.6 Å². The Morgan fingerprint density at radius 2 is 1.97 bits per heavy atom. The molecule has 0 aliphatic heterocycles. The quantitative estimate of drug-likeness (QED) is 0.781. The summed E-state index contributed by atoms with van der Waals surface area (Å²) in [6.45, 7) is 0. The fourth-order valence-corrected chi connectivity index (χ4v) is 5.01. The van der Waals surface area contributed by atoms with Crippen molar-refractivity contribution in [1.82, 2.24) is 9.78 Å². The van der Waals surface area contributed by atoms with Crippen molar-refractivity contribution in [3.63, 3.8) is 0 Å². The molecule has 150 valence electrons. The maximum atomic E-state index is 13.5. The average molecular weight is 411 g/mol. The predicted molar refractivity (Wildman–Crippen MR) is 110 cm³/mol. The Bertz CT molecular complexity index is 1050. The summed E-state index contributed by atoms with van der Waals surface area (Å²) in [6, 6.07) is 5.70. The number of benzene rings is 1. The molecule has 5 rings (SSSR count). The van der Waals surface area contributed by atoms with Crippen molar-refractivity contribution in [2.24, 2.45) is 5.92 Å². The fourth-order valence-electron chi connectivity index (χ4n) is 4.74. The number of rotatable bonds is 4. The molecule has 2 aromatic rings. The monoisotopic (exact) mass is 410 g/mol. The van der Waals surface area contributed by atoms with Crippen molar-refractivity contribution >= 4 is 29.1 Å². The minimum atomic E-state index is -0.738. The van der Waals surface area contributed by atoms with Crippen LogP contribution in [0.3, 0.4) is 0 Å². The number of allylic oxidation sites excluding steroid dienone is 2. The van der Waals surface area contributed by atoms with Crippen molar-refractivity contribution < 1.29 is 14.7 Å². The normalized spacial score (nSPS) is 21.0. The summed E-state index contributed by atoms with van der Waals surface area (Å²) >= 11 is 6.47. The molecule has 1 aromatic carbocycles. The highest BCUT2D eigenvalue weighted by Crippen LogP contribution is 2.44. The van der Waals surface area contributed by atoms with Crippen LogP contribution < -0.4 is 0 Å². The number of nitrogens with zero attached hydrogens (tertiary/aromatic N) is 2. The second kappa shape index (κ2) is 7.13. The van der Waals surface area contributed by atoms with Crippen LogP contribution in [0.2, 0.25) is 5.02 Å². The highest BCUT2D eigenvalue weighted by Gasteiger charge is 2.33. The fraction of sp³-hybridized carbons (Fsp3) is 0.435. The summed E-state index contributed by atoms with van der Waals surface area (Å²) in [6.07, 6.45) is 8.79. The SMILES string of the molecule is O=C(O)C1CC=C(c2nn(C(=O)c3c(Cl)cccc3C3CC3)c3c2CCC3)CC1. The van der Waals surface area contributed by atoms with Crippen LogP contribution in [0.1, 0.15) is 77.3 Å². The largest absolute Gasteiger partial charge is 0.481 e. The van der Waals surface area contributed by atoms with Crippen molar-refractivity contribution in [2.45, 2.75) is 57.3 Å². The van der Waals surface area contributed by atoms with Gasteiger partial charge in [-0.2, -0.15) is 9.78 Å². The van der Waals surface area contributed by atoms with Gasteiger partial charge >= 0.3 is 5.97 Å². The number of hydrogen-bond donors (Lipinski definition) is 1. The first-order valence-electron chi connectivity index (χ1n) is 10.4. The molecule has 0 radical (unpaired) electrons. The predicted octanol–water partition coefficient (Wildman–Crippen LogP) is 4.86. The molecule has 1 fully saturated rings. The molecule has 1 saturated carbocycles. The zero-order valence-electron chi connectivity index (χ0n) is 16.2. The molecular weight excluding hydrogens is 388 g/mol. The van der Waals surface area contributed by atoms with Gasteiger partial charge < -0.3 is 5.11 Å². The summed E-state index contributed by atoms with van der Waals surface area (Å²) in [5.74, 6) is -0.774. The van der Waals surface area contributed by atoms with Crippen molar-refractivity contribution in [1.29, 1.82) is 0 Å². The Balaban J connectivity index is 1.54. The first kappa shape index (κ1) is 18.6. The van der Waals surface area contributed by atoms with E-state index in [0.29, 0.717) is 35.8 Å². The third kappa shape index (κ3) is 3.21. The third-order valence-electron chi connectivity index (χ3n) is 6.46. The molecule has 1 unspecified atom stereocenters. The number of hydrogen-bond acceptors (Lipinski definition) is 3. The third-order valence-corrected chi connectivity index (χ3v) is 6.78. The van der Waals surface area contributed by atoms with Crippen LogP contribution in [0.4, 0.5) is 0 Å². The number of carboxylic acids is 1. The van der Waals surface area contributed by atoms with Crippen LogP contribution in [0, 0.1) is 5.92 Å². The van der Waals surface area contributed by atoms with Gasteiger partial charge in [-0.25, -0.2) is 0 Å². The maximum absolute atomic E-state index is 13.5. The maximum Gasteiger partial charge on any atom is 0.306 e. The summed E-state index contributed by atoms with van der Waals surface area (Å²) in [5.41, 5.74) is 5.73. The summed E-state index contributed by atoms with van der Waals surface area (Å²) in [5, 5.41) is 14.5. The molecule has 0 saturated heterocycles. The van der Waals surface area contributed by atoms with Gasteiger partial charge in [0.25, 0.3) is 5.91 Å². The van der Waals surface area contributed by atoms with E-state index >= 15 is 0 Å². The van der Waals surface area contributed by atoms with Gasteiger partial charge in [-0.15, -0.1) is 0 Å². The van der Waals surface area contributed by atoms with Crippen LogP contribution >= 0.6 is 11.6 Å². The van der Waals surface area contributed by atoms with Gasteiger partial charge in [-0.05, 0) is 74.5 Å². The Kier molecular flexibility index (Phi) is 4.58. The van der Waals surface area contributed by atoms with Crippen molar-refractivity contribution in [2.75, 3.05) is 0 Å². The molecule has 1 N–H and O–H groups in total. The molecule has 3 aliphatic carbocycles. The van der Waals surface area contributed by atoms with Crippen LogP contribution in [-0.4, -0.2) is 26.8 Å². The van der Waals surface area contributed by atoms with Crippen molar-refractivity contribution in [3.8, 4) is 0 Å². The first-order chi connectivity index (χ1) is 14.0. The Labute approximate surface area is 174 Å². The smallest absolute Gasteiger partial charge is 0.306 e. The molecule has 3 aliphatic rings. The molecule has 1 heterocycles. The molecule has 0 bridgehead atoms. The molecular formula is C23H23ClN2O3. The van der Waals surface area contributed by atoms with E-state index < -0.39 is 5.97 Å². The highest BCUT2D eigenvalue weighted by atomic mass is 35.5. The van der Waals surface area contributed by atoms with Crippen LogP contribution in [0.15, 0.2) is 24.3 Å². The number of aromatic nitrogens is 2. The highest BCUT2D eigenvalue weighted by molar-refractivity contribution is 6.34. The van der Waals surface area contributed by atoms with Gasteiger partial charge in [-0.1, -0.05) is 29.8 Å². The standard InChI is InChI=1S/C23H23ClN2O3/c24-18-5-1-3-16(13-7-8-13)20(18)22(27)26-19-6-2-4-17(19)21(25-26)14-9-11-15(12-10-14)23(28)29/h1,3,5,9,13,15H,2,4,6-8,10-12H2,(H,28,29). The van der Waals surface area contributed by atoms with E-state index in [1.807, 2.05) is 18.2 Å². The van der Waals surface area contributed by atoms with E-state index in [2.05, 4.69) is 0 Å². The molecule has 29 heavy (non-hydrogen) atoms. The molecule has 0 spiro atoms. The second-order valence-corrected chi connectivity index (χ2v) is 8.77. The second-order valence-electron chi connectivity index (χ2n) is 8.36. The summed E-state index contributed by atoms with van der Waals surface area (Å²) < 4.78 is 1.58. The van der Waals surface area contributed by atoms with Gasteiger partial charge in [0, 0.05) is 5.56 Å². The lowest BCUT2D eigenvalue weighted by molar-refractivity contribution is -0.141. The Hall–Kier alpha value is -2.40. The lowest BCUT2D eigenvalue weighted by atomic mass is 9.87. The molecule has 5 nitrogen and oxygen atoms in total. The lowest BCUT2D eigenvalue weighted by Crippen LogP contribution is -2.19. The van der Waals surface area contributed by atoms with E-state index in [1.54, 1.807) is 10.7 Å². The average Bonchev–Trinajstić information content (AvgIpc) is 3.34. The van der Waals surface area contributed by atoms with E-state index in [0.717, 1.165) is 60.2 Å². The van der Waals surface area contributed by atoms with Gasteiger partial charge in [0.1, 0.15) is 0 Å². The summed E-state index contributed by atoms with van der Waals surface area (Å²) in [4.78, 5) is 24.8. The van der Waals surface area contributed by atoms with E-state index in [9.17, 15) is 14.7 Å². The van der Waals surface area contributed by atoms with Crippen LogP contribution in [0.25, 0.3) is 5.57 Å². The van der Waals surface area contributed by atoms with E-state index in [-0.39, 0.29) is 11.8 Å². The number of carbonyl (C=O) groups excluding carboxylic acids is 1. The van der Waals surface area contributed by atoms with Gasteiger partial charge in [0.15, 0.2) is 0 Å². The zero-order valence-corrected chi connectivity index (χ0v) is 16.9. The Morgan fingerprint density at radius 3 is 2.66 bits per heavy atom. The number of carbonyl (C=O) groups is 2. The number of aliphatic carboxylic acids is 1. The minimum Gasteiger partial charge on any atom is -0.481 e. The number of halogens is 1. The topological polar surface area (TPSA) is 72.2 Å². The van der Waals surface area contributed by atoms with Gasteiger partial charge in [0.2, 0.25) is 0 Å². The Morgan fingerprint density at radius 1 is 1.14 bits per heavy atom. The number of fused-ring (bicyclic) bond motifs is 1. The molecule has 0 amide bonds. The molecule has 1 aromatic heterocycles. The number of carboxylic acid groups (broad SMARTS) is 1. The van der Waals surface area contributed by atoms with E-state index in [1.165, 1.54) is 0 Å². The van der Waals surface area contributed by atoms with Crippen LogP contribution in [0.5, 0.6) is 0 Å². The zero-order chi connectivity index (χ0) is 20.1. The molecule has 6 heteroatoms. The minimum absolute atomic E-state index is 0.137. The van der Waals surface area contributed by atoms with E-state index in [4.69, 9.17) is 16.7 Å². The van der Waals surface area contributed by atoms with Crippen molar-refractivity contribution in [3.05, 3.63) is 57.4 Å². The lowest BCUT2D eigenvalue weighted by Gasteiger charge is -2.18.